The number of fused-ring (bicyclic) bond motifs is 6. The fourth-order valence-corrected chi connectivity index (χ4v) is 2.97. The number of nitrogens with one attached hydrogen (secondary N) is 2. The molecule has 4 nitrogen and oxygen atoms in total. The molecule has 0 atom stereocenters. The minimum Gasteiger partial charge on any atom is -0.306 e. The van der Waals surface area contributed by atoms with Crippen LogP contribution in [0, 0.1) is 0 Å². The maximum absolute atomic E-state index is 3.51. The fourth-order valence-electron chi connectivity index (χ4n) is 1.55. The zero-order valence-electron chi connectivity index (χ0n) is 6.71. The van der Waals surface area contributed by atoms with Gasteiger partial charge in [-0.3, -0.25) is 4.90 Å². The summed E-state index contributed by atoms with van der Waals surface area (Å²) in [4.78, 5) is 2.52. The Balaban J connectivity index is 1.96. The molecule has 3 aliphatic rings. The smallest absolute Gasteiger partial charge is 0.262 e. The van der Waals surface area contributed by atoms with Crippen molar-refractivity contribution < 1.29 is 5.09 Å². The highest BCUT2D eigenvalue weighted by Crippen LogP contribution is 2.12. The second kappa shape index (κ2) is 3.78. The van der Waals surface area contributed by atoms with Crippen molar-refractivity contribution >= 4 is 8.37 Å². The first-order valence-corrected chi connectivity index (χ1v) is 5.68. The van der Waals surface area contributed by atoms with E-state index in [0.717, 1.165) is 13.1 Å². The summed E-state index contributed by atoms with van der Waals surface area (Å²) in [5.74, 6) is 0. The van der Waals surface area contributed by atoms with Crippen LogP contribution < -0.4 is 15.3 Å². The molecule has 3 heterocycles. The summed E-state index contributed by atoms with van der Waals surface area (Å²) in [6.45, 7) is 7.26. The van der Waals surface area contributed by atoms with Crippen LogP contribution in [-0.4, -0.2) is 44.2 Å². The minimum absolute atomic E-state index is 0.129. The van der Waals surface area contributed by atoms with E-state index in [4.69, 9.17) is 0 Å². The van der Waals surface area contributed by atoms with Gasteiger partial charge in [-0.05, 0) is 0 Å². The third-order valence-electron chi connectivity index (χ3n) is 2.18. The van der Waals surface area contributed by atoms with Crippen LogP contribution in [0.1, 0.15) is 0 Å². The van der Waals surface area contributed by atoms with E-state index in [9.17, 15) is 0 Å². The van der Waals surface area contributed by atoms with Crippen LogP contribution in [0.2, 0.25) is 0 Å². The molecule has 5 heteroatoms. The Kier molecular flexibility index (Phi) is 2.72. The van der Waals surface area contributed by atoms with Crippen LogP contribution in [0.3, 0.4) is 0 Å². The summed E-state index contributed by atoms with van der Waals surface area (Å²) in [5.41, 5.74) is 0. The van der Waals surface area contributed by atoms with E-state index < -0.39 is 0 Å². The largest absolute Gasteiger partial charge is 0.306 e. The van der Waals surface area contributed by atoms with Gasteiger partial charge in [0.15, 0.2) is 0 Å². The SMILES string of the molecule is C1CN2CCNP(N1)[NH2+]CC2. The second-order valence-corrected chi connectivity index (χ2v) is 4.74. The molecule has 3 aliphatic heterocycles. The van der Waals surface area contributed by atoms with Crippen LogP contribution in [0.5, 0.6) is 0 Å². The van der Waals surface area contributed by atoms with Crippen molar-refractivity contribution in [2.45, 2.75) is 0 Å². The Labute approximate surface area is 68.6 Å². The number of rotatable bonds is 0. The molecular formula is C6H16N4P+. The highest BCUT2D eigenvalue weighted by molar-refractivity contribution is 7.45. The Bertz CT molecular complexity index is 96.0. The van der Waals surface area contributed by atoms with Crippen molar-refractivity contribution in [3.05, 3.63) is 0 Å². The highest BCUT2D eigenvalue weighted by atomic mass is 31.1. The lowest BCUT2D eigenvalue weighted by molar-refractivity contribution is -0.502. The molecule has 0 aromatic rings. The van der Waals surface area contributed by atoms with Gasteiger partial charge < -0.3 is 5.09 Å². The molecule has 0 amide bonds. The summed E-state index contributed by atoms with van der Waals surface area (Å²) in [5, 5.41) is 9.42. The van der Waals surface area contributed by atoms with Gasteiger partial charge in [-0.1, -0.05) is 0 Å². The fraction of sp³-hybridized carbons (Fsp3) is 1.00. The van der Waals surface area contributed by atoms with Crippen molar-refractivity contribution in [1.29, 1.82) is 0 Å². The molecule has 0 saturated carbocycles. The van der Waals surface area contributed by atoms with Crippen LogP contribution in [0.25, 0.3) is 0 Å². The van der Waals surface area contributed by atoms with E-state index in [0.29, 0.717) is 0 Å². The van der Waals surface area contributed by atoms with Crippen molar-refractivity contribution in [1.82, 2.24) is 15.1 Å². The van der Waals surface area contributed by atoms with Gasteiger partial charge in [0.25, 0.3) is 8.37 Å². The van der Waals surface area contributed by atoms with Gasteiger partial charge in [0.1, 0.15) is 0 Å². The topological polar surface area (TPSA) is 43.9 Å². The first kappa shape index (κ1) is 7.90. The molecule has 3 rings (SSSR count). The van der Waals surface area contributed by atoms with E-state index in [-0.39, 0.29) is 8.37 Å². The predicted octanol–water partition coefficient (Wildman–Crippen LogP) is -1.71. The average molecular weight is 175 g/mol. The molecule has 4 N–H and O–H groups in total. The summed E-state index contributed by atoms with van der Waals surface area (Å²) in [6, 6.07) is 0. The molecule has 0 aromatic carbocycles. The molecule has 11 heavy (non-hydrogen) atoms. The van der Waals surface area contributed by atoms with Crippen molar-refractivity contribution in [2.24, 2.45) is 0 Å². The summed E-state index contributed by atoms with van der Waals surface area (Å²) >= 11 is 0. The summed E-state index contributed by atoms with van der Waals surface area (Å²) < 4.78 is 0. The third kappa shape index (κ3) is 2.10. The molecule has 3 saturated heterocycles. The predicted molar refractivity (Wildman–Crippen MR) is 46.2 cm³/mol. The molecule has 0 radical (unpaired) electrons. The number of hydrogen-bond donors (Lipinski definition) is 3. The van der Waals surface area contributed by atoms with Crippen molar-refractivity contribution in [3.63, 3.8) is 0 Å². The van der Waals surface area contributed by atoms with Gasteiger partial charge in [-0.2, -0.15) is 0 Å². The standard InChI is InChI=1S/C6H15N4P/c1-4-10-5-2-8-11(7-1)9-3-6-10/h7-9H,1-6H2/p+1. The Morgan fingerprint density at radius 2 is 1.82 bits per heavy atom. The molecule has 3 fully saturated rings. The van der Waals surface area contributed by atoms with E-state index >= 15 is 0 Å². The lowest BCUT2D eigenvalue weighted by Crippen LogP contribution is -2.84. The molecule has 2 bridgehead atoms. The van der Waals surface area contributed by atoms with Gasteiger partial charge in [0, 0.05) is 32.7 Å². The Hall–Kier alpha value is 0.270. The maximum Gasteiger partial charge on any atom is 0.262 e. The normalized spacial score (nSPS) is 39.3. The number of nitrogens with zero attached hydrogens (tertiary/aromatic N) is 1. The zero-order chi connectivity index (χ0) is 7.52. The lowest BCUT2D eigenvalue weighted by Gasteiger charge is -2.30. The van der Waals surface area contributed by atoms with Gasteiger partial charge in [0.05, 0.1) is 6.54 Å². The monoisotopic (exact) mass is 175 g/mol. The molecule has 0 spiro atoms. The molecular weight excluding hydrogens is 159 g/mol. The van der Waals surface area contributed by atoms with Gasteiger partial charge >= 0.3 is 0 Å². The number of nitrogens with two attached hydrogens (primary N) is 1. The molecule has 0 unspecified atom stereocenters. The van der Waals surface area contributed by atoms with Gasteiger partial charge in [-0.15, -0.1) is 0 Å². The van der Waals surface area contributed by atoms with Crippen LogP contribution in [0.15, 0.2) is 0 Å². The molecule has 0 aromatic heterocycles. The summed E-state index contributed by atoms with van der Waals surface area (Å²) in [7, 11) is -0.129. The second-order valence-electron chi connectivity index (χ2n) is 3.00. The summed E-state index contributed by atoms with van der Waals surface area (Å²) in [6.07, 6.45) is 0. The first-order valence-electron chi connectivity index (χ1n) is 4.27. The zero-order valence-corrected chi connectivity index (χ0v) is 7.61. The van der Waals surface area contributed by atoms with Gasteiger partial charge in [0.2, 0.25) is 0 Å². The Morgan fingerprint density at radius 1 is 1.09 bits per heavy atom. The maximum atomic E-state index is 3.51. The highest BCUT2D eigenvalue weighted by Gasteiger charge is 2.20. The first-order chi connectivity index (χ1) is 5.45. The van der Waals surface area contributed by atoms with Crippen LogP contribution in [0.4, 0.5) is 0 Å². The van der Waals surface area contributed by atoms with Crippen molar-refractivity contribution in [2.75, 3.05) is 39.3 Å². The number of hydrogen-bond acceptors (Lipinski definition) is 3. The third-order valence-corrected chi connectivity index (χ3v) is 3.93. The van der Waals surface area contributed by atoms with Crippen LogP contribution in [-0.2, 0) is 0 Å². The van der Waals surface area contributed by atoms with Crippen LogP contribution >= 0.6 is 8.37 Å². The van der Waals surface area contributed by atoms with E-state index in [1.807, 2.05) is 0 Å². The Morgan fingerprint density at radius 3 is 2.55 bits per heavy atom. The number of quaternary nitrogens is 1. The van der Waals surface area contributed by atoms with E-state index in [1.165, 1.54) is 26.2 Å². The average Bonchev–Trinajstić information content (AvgIpc) is 1.80. The molecule has 64 valence electrons. The quantitative estimate of drug-likeness (QED) is 0.384. The van der Waals surface area contributed by atoms with Gasteiger partial charge in [-0.25, -0.2) is 10.2 Å². The van der Waals surface area contributed by atoms with E-state index in [2.05, 4.69) is 20.2 Å². The molecule has 0 aliphatic carbocycles. The van der Waals surface area contributed by atoms with E-state index in [1.54, 1.807) is 0 Å². The lowest BCUT2D eigenvalue weighted by atomic mass is 10.4. The minimum atomic E-state index is -0.129. The van der Waals surface area contributed by atoms with Crippen molar-refractivity contribution in [3.8, 4) is 0 Å².